The molecule has 0 radical (unpaired) electrons. The SMILES string of the molecule is NC(=S)Nc1ccc2nc(-c3ccccc3)nc(N3CCOCC3)c2c1. The number of aromatic nitrogens is 2. The smallest absolute Gasteiger partial charge is 0.168 e. The number of nitrogens with one attached hydrogen (secondary N) is 1. The second-order valence-electron chi connectivity index (χ2n) is 6.06. The number of thiocarbonyl (C=S) groups is 1. The van der Waals surface area contributed by atoms with Gasteiger partial charge in [0.15, 0.2) is 10.9 Å². The summed E-state index contributed by atoms with van der Waals surface area (Å²) >= 11 is 4.95. The van der Waals surface area contributed by atoms with Crippen molar-refractivity contribution < 1.29 is 4.74 Å². The minimum atomic E-state index is 0.235. The highest BCUT2D eigenvalue weighted by Gasteiger charge is 2.18. The number of nitrogens with zero attached hydrogens (tertiary/aromatic N) is 3. The van der Waals surface area contributed by atoms with E-state index in [0.29, 0.717) is 13.2 Å². The van der Waals surface area contributed by atoms with Crippen LogP contribution in [0.5, 0.6) is 0 Å². The second kappa shape index (κ2) is 7.23. The number of morpholine rings is 1. The van der Waals surface area contributed by atoms with Crippen LogP contribution in [0.2, 0.25) is 0 Å². The largest absolute Gasteiger partial charge is 0.378 e. The highest BCUT2D eigenvalue weighted by Crippen LogP contribution is 2.30. The van der Waals surface area contributed by atoms with Crippen molar-refractivity contribution >= 4 is 39.7 Å². The fourth-order valence-corrected chi connectivity index (χ4v) is 3.18. The first kappa shape index (κ1) is 16.7. The molecule has 1 aliphatic rings. The lowest BCUT2D eigenvalue weighted by Gasteiger charge is -2.29. The van der Waals surface area contributed by atoms with E-state index in [1.807, 2.05) is 48.5 Å². The molecule has 132 valence electrons. The van der Waals surface area contributed by atoms with Gasteiger partial charge >= 0.3 is 0 Å². The lowest BCUT2D eigenvalue weighted by molar-refractivity contribution is 0.122. The third kappa shape index (κ3) is 3.44. The second-order valence-corrected chi connectivity index (χ2v) is 6.50. The molecule has 1 aliphatic heterocycles. The summed E-state index contributed by atoms with van der Waals surface area (Å²) in [7, 11) is 0. The fourth-order valence-electron chi connectivity index (χ4n) is 3.06. The van der Waals surface area contributed by atoms with E-state index in [0.717, 1.165) is 46.9 Å². The van der Waals surface area contributed by atoms with Gasteiger partial charge in [-0.2, -0.15) is 0 Å². The van der Waals surface area contributed by atoms with E-state index in [9.17, 15) is 0 Å². The Labute approximate surface area is 157 Å². The summed E-state index contributed by atoms with van der Waals surface area (Å²) in [4.78, 5) is 11.9. The minimum absolute atomic E-state index is 0.235. The predicted molar refractivity (Wildman–Crippen MR) is 108 cm³/mol. The van der Waals surface area contributed by atoms with Crippen LogP contribution in [-0.4, -0.2) is 41.4 Å². The van der Waals surface area contributed by atoms with Crippen molar-refractivity contribution in [3.8, 4) is 11.4 Å². The van der Waals surface area contributed by atoms with Gasteiger partial charge in [0, 0.05) is 29.7 Å². The zero-order valence-electron chi connectivity index (χ0n) is 14.2. The Kier molecular flexibility index (Phi) is 4.64. The van der Waals surface area contributed by atoms with Crippen molar-refractivity contribution in [2.45, 2.75) is 0 Å². The van der Waals surface area contributed by atoms with Crippen LogP contribution in [-0.2, 0) is 4.74 Å². The quantitative estimate of drug-likeness (QED) is 0.691. The number of fused-ring (bicyclic) bond motifs is 1. The van der Waals surface area contributed by atoms with E-state index in [1.165, 1.54) is 0 Å². The molecule has 3 aromatic rings. The molecule has 0 saturated carbocycles. The number of ether oxygens (including phenoxy) is 1. The Hall–Kier alpha value is -2.77. The summed E-state index contributed by atoms with van der Waals surface area (Å²) in [6.07, 6.45) is 0. The molecule has 2 aromatic carbocycles. The molecule has 1 fully saturated rings. The molecular weight excluding hydrogens is 346 g/mol. The zero-order valence-corrected chi connectivity index (χ0v) is 15.0. The van der Waals surface area contributed by atoms with E-state index >= 15 is 0 Å². The lowest BCUT2D eigenvalue weighted by atomic mass is 10.1. The van der Waals surface area contributed by atoms with Crippen molar-refractivity contribution in [1.82, 2.24) is 9.97 Å². The summed E-state index contributed by atoms with van der Waals surface area (Å²) in [5, 5.41) is 4.18. The van der Waals surface area contributed by atoms with E-state index in [4.69, 9.17) is 32.7 Å². The van der Waals surface area contributed by atoms with Crippen LogP contribution < -0.4 is 16.0 Å². The highest BCUT2D eigenvalue weighted by molar-refractivity contribution is 7.80. The van der Waals surface area contributed by atoms with Crippen LogP contribution in [0.1, 0.15) is 0 Å². The Morgan fingerprint density at radius 2 is 1.85 bits per heavy atom. The third-order valence-corrected chi connectivity index (χ3v) is 4.39. The first-order chi connectivity index (χ1) is 12.7. The van der Waals surface area contributed by atoms with Crippen LogP contribution >= 0.6 is 12.2 Å². The van der Waals surface area contributed by atoms with Crippen LogP contribution in [0.25, 0.3) is 22.3 Å². The van der Waals surface area contributed by atoms with E-state index in [-0.39, 0.29) is 5.11 Å². The fraction of sp³-hybridized carbons (Fsp3) is 0.211. The normalized spacial score (nSPS) is 14.4. The number of hydrogen-bond acceptors (Lipinski definition) is 5. The predicted octanol–water partition coefficient (Wildman–Crippen LogP) is 2.79. The van der Waals surface area contributed by atoms with Crippen molar-refractivity contribution in [3.63, 3.8) is 0 Å². The number of hydrogen-bond donors (Lipinski definition) is 2. The first-order valence-electron chi connectivity index (χ1n) is 8.47. The molecule has 6 nitrogen and oxygen atoms in total. The zero-order chi connectivity index (χ0) is 17.9. The van der Waals surface area contributed by atoms with Gasteiger partial charge < -0.3 is 20.7 Å². The van der Waals surface area contributed by atoms with Crippen LogP contribution in [0.4, 0.5) is 11.5 Å². The molecule has 0 unspecified atom stereocenters. The third-order valence-electron chi connectivity index (χ3n) is 4.29. The van der Waals surface area contributed by atoms with Crippen molar-refractivity contribution in [3.05, 3.63) is 48.5 Å². The minimum Gasteiger partial charge on any atom is -0.378 e. The van der Waals surface area contributed by atoms with Gasteiger partial charge in [-0.05, 0) is 30.4 Å². The Morgan fingerprint density at radius 1 is 1.08 bits per heavy atom. The van der Waals surface area contributed by atoms with E-state index in [1.54, 1.807) is 0 Å². The number of nitrogens with two attached hydrogens (primary N) is 1. The average Bonchev–Trinajstić information content (AvgIpc) is 2.68. The standard InChI is InChI=1S/C19H19N5OS/c20-19(26)21-14-6-7-16-15(12-14)18(24-8-10-25-11-9-24)23-17(22-16)13-4-2-1-3-5-13/h1-7,12H,8-11H2,(H3,20,21,26). The van der Waals surface area contributed by atoms with Gasteiger partial charge in [-0.15, -0.1) is 0 Å². The van der Waals surface area contributed by atoms with Gasteiger partial charge in [-0.25, -0.2) is 9.97 Å². The number of anilines is 2. The Morgan fingerprint density at radius 3 is 2.58 bits per heavy atom. The van der Waals surface area contributed by atoms with E-state index in [2.05, 4.69) is 10.2 Å². The van der Waals surface area contributed by atoms with Gasteiger partial charge in [0.1, 0.15) is 5.82 Å². The van der Waals surface area contributed by atoms with Crippen LogP contribution in [0.15, 0.2) is 48.5 Å². The van der Waals surface area contributed by atoms with Gasteiger partial charge in [0.25, 0.3) is 0 Å². The average molecular weight is 365 g/mol. The maximum atomic E-state index is 5.61. The summed E-state index contributed by atoms with van der Waals surface area (Å²) in [5.74, 6) is 1.62. The van der Waals surface area contributed by atoms with Crippen LogP contribution in [0, 0.1) is 0 Å². The molecule has 0 amide bonds. The summed E-state index contributed by atoms with van der Waals surface area (Å²) < 4.78 is 5.49. The Bertz CT molecular complexity index is 941. The van der Waals surface area contributed by atoms with Gasteiger partial charge in [0.05, 0.1) is 18.7 Å². The highest BCUT2D eigenvalue weighted by atomic mass is 32.1. The maximum Gasteiger partial charge on any atom is 0.168 e. The van der Waals surface area contributed by atoms with Gasteiger partial charge in [-0.3, -0.25) is 0 Å². The molecule has 0 aliphatic carbocycles. The Balaban J connectivity index is 1.87. The van der Waals surface area contributed by atoms with Crippen molar-refractivity contribution in [2.24, 2.45) is 5.73 Å². The molecule has 7 heteroatoms. The van der Waals surface area contributed by atoms with Crippen LogP contribution in [0.3, 0.4) is 0 Å². The molecule has 0 atom stereocenters. The molecule has 1 aromatic heterocycles. The molecule has 2 heterocycles. The maximum absolute atomic E-state index is 5.61. The molecule has 0 spiro atoms. The molecule has 3 N–H and O–H groups in total. The van der Waals surface area contributed by atoms with Crippen molar-refractivity contribution in [1.29, 1.82) is 0 Å². The molecule has 26 heavy (non-hydrogen) atoms. The first-order valence-corrected chi connectivity index (χ1v) is 8.88. The summed E-state index contributed by atoms with van der Waals surface area (Å²) in [6, 6.07) is 15.9. The lowest BCUT2D eigenvalue weighted by Crippen LogP contribution is -2.37. The number of rotatable bonds is 3. The van der Waals surface area contributed by atoms with E-state index < -0.39 is 0 Å². The molecular formula is C19H19N5OS. The topological polar surface area (TPSA) is 76.3 Å². The summed E-state index contributed by atoms with van der Waals surface area (Å²) in [5.41, 5.74) is 8.32. The number of benzene rings is 2. The summed E-state index contributed by atoms with van der Waals surface area (Å²) in [6.45, 7) is 2.98. The molecule has 1 saturated heterocycles. The van der Waals surface area contributed by atoms with Gasteiger partial charge in [0.2, 0.25) is 0 Å². The molecule has 4 rings (SSSR count). The van der Waals surface area contributed by atoms with Crippen molar-refractivity contribution in [2.75, 3.05) is 36.5 Å². The van der Waals surface area contributed by atoms with Gasteiger partial charge in [-0.1, -0.05) is 30.3 Å². The molecule has 0 bridgehead atoms. The monoisotopic (exact) mass is 365 g/mol.